The molecule has 0 heterocycles. The van der Waals surface area contributed by atoms with Gasteiger partial charge in [0.05, 0.1) is 6.54 Å². The number of nitrogens with two attached hydrogens (primary N) is 1. The van der Waals surface area contributed by atoms with Gasteiger partial charge >= 0.3 is 6.18 Å². The van der Waals surface area contributed by atoms with Crippen LogP contribution in [-0.4, -0.2) is 40.7 Å². The number of rotatable bonds is 5. The second-order valence-corrected chi connectivity index (χ2v) is 4.16. The predicted molar refractivity (Wildman–Crippen MR) is 53.3 cm³/mol. The van der Waals surface area contributed by atoms with E-state index < -0.39 is 12.7 Å². The van der Waals surface area contributed by atoms with Gasteiger partial charge in [0, 0.05) is 18.5 Å². The summed E-state index contributed by atoms with van der Waals surface area (Å²) < 4.78 is 37.0. The largest absolute Gasteiger partial charge is 0.409 e. The Balaban J connectivity index is 2.56. The van der Waals surface area contributed by atoms with Crippen LogP contribution in [0.1, 0.15) is 26.2 Å². The lowest BCUT2D eigenvalue weighted by molar-refractivity contribution is -0.151. The molecule has 0 aromatic rings. The van der Waals surface area contributed by atoms with Crippen molar-refractivity contribution in [2.45, 2.75) is 44.4 Å². The van der Waals surface area contributed by atoms with Crippen LogP contribution >= 0.6 is 0 Å². The van der Waals surface area contributed by atoms with E-state index >= 15 is 0 Å². The van der Waals surface area contributed by atoms with Crippen molar-refractivity contribution in [3.8, 4) is 0 Å². The Morgan fingerprint density at radius 1 is 1.56 bits per heavy atom. The van der Waals surface area contributed by atoms with Crippen molar-refractivity contribution in [2.24, 2.45) is 10.9 Å². The first-order chi connectivity index (χ1) is 7.33. The van der Waals surface area contributed by atoms with Crippen LogP contribution in [0.5, 0.6) is 0 Å². The minimum Gasteiger partial charge on any atom is -0.409 e. The van der Waals surface area contributed by atoms with Gasteiger partial charge in [-0.2, -0.15) is 13.2 Å². The summed E-state index contributed by atoms with van der Waals surface area (Å²) in [5.74, 6) is -0.0414. The van der Waals surface area contributed by atoms with Gasteiger partial charge in [-0.1, -0.05) is 5.16 Å². The van der Waals surface area contributed by atoms with Gasteiger partial charge in [-0.3, -0.25) is 4.90 Å². The summed E-state index contributed by atoms with van der Waals surface area (Å²) in [5, 5.41) is 11.1. The normalized spacial score (nSPS) is 20.2. The quantitative estimate of drug-likeness (QED) is 0.331. The van der Waals surface area contributed by atoms with Crippen LogP contribution < -0.4 is 5.73 Å². The molecule has 0 bridgehead atoms. The Labute approximate surface area is 91.9 Å². The zero-order valence-electron chi connectivity index (χ0n) is 9.04. The highest BCUT2D eigenvalue weighted by atomic mass is 19.4. The fraction of sp³-hybridized carbons (Fsp3) is 0.889. The molecule has 0 aromatic heterocycles. The molecule has 1 saturated carbocycles. The van der Waals surface area contributed by atoms with Gasteiger partial charge in [0.2, 0.25) is 0 Å². The van der Waals surface area contributed by atoms with Crippen LogP contribution in [0.2, 0.25) is 0 Å². The maximum Gasteiger partial charge on any atom is 0.401 e. The molecule has 0 aliphatic heterocycles. The first-order valence-corrected chi connectivity index (χ1v) is 5.12. The summed E-state index contributed by atoms with van der Waals surface area (Å²) in [6.45, 7) is 0.722. The maximum absolute atomic E-state index is 12.3. The van der Waals surface area contributed by atoms with Crippen LogP contribution in [-0.2, 0) is 0 Å². The van der Waals surface area contributed by atoms with Crippen LogP contribution in [0.4, 0.5) is 13.2 Å². The standard InChI is InChI=1S/C9H16F3N3O/c1-6(4-8(13)14-16)15(7-2-3-7)5-9(10,11)12/h6-7,16H,2-5H2,1H3,(H2,13,14). The highest BCUT2D eigenvalue weighted by molar-refractivity contribution is 5.80. The van der Waals surface area contributed by atoms with E-state index in [9.17, 15) is 13.2 Å². The second kappa shape index (κ2) is 4.90. The summed E-state index contributed by atoms with van der Waals surface area (Å²) in [6.07, 6.45) is -2.49. The molecule has 1 atom stereocenters. The SMILES string of the molecule is CC(CC(N)=NO)N(CC(F)(F)F)C1CC1. The van der Waals surface area contributed by atoms with Gasteiger partial charge in [-0.15, -0.1) is 0 Å². The Bertz CT molecular complexity index is 263. The van der Waals surface area contributed by atoms with Crippen molar-refractivity contribution in [2.75, 3.05) is 6.54 Å². The van der Waals surface area contributed by atoms with Crippen LogP contribution in [0.15, 0.2) is 5.16 Å². The summed E-state index contributed by atoms with van der Waals surface area (Å²) in [6, 6.07) is -0.381. The molecule has 1 unspecified atom stereocenters. The minimum absolute atomic E-state index is 0.0110. The van der Waals surface area contributed by atoms with E-state index in [1.165, 1.54) is 4.90 Å². The van der Waals surface area contributed by atoms with E-state index in [2.05, 4.69) is 5.16 Å². The zero-order valence-corrected chi connectivity index (χ0v) is 9.04. The zero-order chi connectivity index (χ0) is 12.3. The number of hydrogen-bond donors (Lipinski definition) is 2. The molecule has 4 nitrogen and oxygen atoms in total. The third-order valence-electron chi connectivity index (χ3n) is 2.58. The topological polar surface area (TPSA) is 61.9 Å². The molecule has 7 heteroatoms. The van der Waals surface area contributed by atoms with Gasteiger partial charge < -0.3 is 10.9 Å². The van der Waals surface area contributed by atoms with Gasteiger partial charge in [0.25, 0.3) is 0 Å². The molecule has 3 N–H and O–H groups in total. The smallest absolute Gasteiger partial charge is 0.401 e. The van der Waals surface area contributed by atoms with Crippen molar-refractivity contribution in [3.05, 3.63) is 0 Å². The first kappa shape index (κ1) is 13.1. The number of alkyl halides is 3. The number of halogens is 3. The Morgan fingerprint density at radius 2 is 2.12 bits per heavy atom. The highest BCUT2D eigenvalue weighted by Gasteiger charge is 2.40. The molecule has 1 rings (SSSR count). The number of amidine groups is 1. The van der Waals surface area contributed by atoms with E-state index in [0.29, 0.717) is 0 Å². The fourth-order valence-corrected chi connectivity index (χ4v) is 1.72. The van der Waals surface area contributed by atoms with Crippen molar-refractivity contribution in [3.63, 3.8) is 0 Å². The molecule has 0 radical (unpaired) electrons. The van der Waals surface area contributed by atoms with Gasteiger partial charge in [-0.25, -0.2) is 0 Å². The number of oxime groups is 1. The molecule has 1 fully saturated rings. The average Bonchev–Trinajstić information content (AvgIpc) is 2.95. The molecule has 1 aliphatic rings. The van der Waals surface area contributed by atoms with E-state index in [-0.39, 0.29) is 24.3 Å². The lowest BCUT2D eigenvalue weighted by Crippen LogP contribution is -2.43. The molecular formula is C9H16F3N3O. The van der Waals surface area contributed by atoms with Gasteiger partial charge in [0.1, 0.15) is 5.84 Å². The van der Waals surface area contributed by atoms with Crippen molar-refractivity contribution >= 4 is 5.84 Å². The van der Waals surface area contributed by atoms with Gasteiger partial charge in [0.15, 0.2) is 0 Å². The summed E-state index contributed by atoms with van der Waals surface area (Å²) in [5.41, 5.74) is 5.29. The molecule has 1 aliphatic carbocycles. The lowest BCUT2D eigenvalue weighted by Gasteiger charge is -2.29. The van der Waals surface area contributed by atoms with Crippen molar-refractivity contribution in [1.29, 1.82) is 0 Å². The number of nitrogens with zero attached hydrogens (tertiary/aromatic N) is 2. The van der Waals surface area contributed by atoms with Crippen molar-refractivity contribution < 1.29 is 18.4 Å². The Kier molecular flexibility index (Phi) is 4.01. The number of hydrogen-bond acceptors (Lipinski definition) is 3. The maximum atomic E-state index is 12.3. The summed E-state index contributed by atoms with van der Waals surface area (Å²) in [4.78, 5) is 1.37. The minimum atomic E-state index is -4.21. The van der Waals surface area contributed by atoms with E-state index in [1.54, 1.807) is 6.92 Å². The molecule has 94 valence electrons. The van der Waals surface area contributed by atoms with E-state index in [4.69, 9.17) is 10.9 Å². The van der Waals surface area contributed by atoms with E-state index in [1.807, 2.05) is 0 Å². The summed E-state index contributed by atoms with van der Waals surface area (Å²) in [7, 11) is 0. The average molecular weight is 239 g/mol. The van der Waals surface area contributed by atoms with Crippen LogP contribution in [0, 0.1) is 0 Å². The molecule has 0 spiro atoms. The predicted octanol–water partition coefficient (Wildman–Crippen LogP) is 1.54. The van der Waals surface area contributed by atoms with Crippen molar-refractivity contribution in [1.82, 2.24) is 4.90 Å². The third-order valence-corrected chi connectivity index (χ3v) is 2.58. The summed E-state index contributed by atoms with van der Waals surface area (Å²) >= 11 is 0. The fourth-order valence-electron chi connectivity index (χ4n) is 1.72. The van der Waals surface area contributed by atoms with Crippen LogP contribution in [0.25, 0.3) is 0 Å². The van der Waals surface area contributed by atoms with Gasteiger partial charge in [-0.05, 0) is 19.8 Å². The lowest BCUT2D eigenvalue weighted by atomic mass is 10.2. The molecular weight excluding hydrogens is 223 g/mol. The third kappa shape index (κ3) is 4.26. The molecule has 0 saturated heterocycles. The Hall–Kier alpha value is -0.980. The van der Waals surface area contributed by atoms with E-state index in [0.717, 1.165) is 12.8 Å². The monoisotopic (exact) mass is 239 g/mol. The van der Waals surface area contributed by atoms with Crippen LogP contribution in [0.3, 0.4) is 0 Å². The molecule has 16 heavy (non-hydrogen) atoms. The molecule has 0 amide bonds. The second-order valence-electron chi connectivity index (χ2n) is 4.16. The first-order valence-electron chi connectivity index (χ1n) is 5.12. The molecule has 0 aromatic carbocycles. The Morgan fingerprint density at radius 3 is 2.50 bits per heavy atom. The highest BCUT2D eigenvalue weighted by Crippen LogP contribution is 2.32.